The molecular weight excluding hydrogens is 238 g/mol. The first-order chi connectivity index (χ1) is 7.96. The van der Waals surface area contributed by atoms with E-state index in [1.165, 1.54) is 6.07 Å². The first-order valence-corrected chi connectivity index (χ1v) is 5.24. The lowest BCUT2D eigenvalue weighted by atomic mass is 10.1. The Morgan fingerprint density at radius 3 is 2.59 bits per heavy atom. The number of hydrogen-bond acceptors (Lipinski definition) is 2. The van der Waals surface area contributed by atoms with Gasteiger partial charge in [-0.25, -0.2) is 4.39 Å². The van der Waals surface area contributed by atoms with E-state index in [4.69, 9.17) is 0 Å². The van der Waals surface area contributed by atoms with E-state index in [0.29, 0.717) is 5.56 Å². The average molecular weight is 249 g/mol. The van der Waals surface area contributed by atoms with Crippen LogP contribution >= 0.6 is 0 Å². The first-order valence-electron chi connectivity index (χ1n) is 5.24. The summed E-state index contributed by atoms with van der Waals surface area (Å²) in [6.45, 7) is 0.840. The predicted octanol–water partition coefficient (Wildman–Crippen LogP) is 3.15. The lowest BCUT2D eigenvalue weighted by molar-refractivity contribution is -0.275. The number of nitrogens with one attached hydrogen (secondary N) is 1. The second kappa shape index (κ2) is 4.52. The van der Waals surface area contributed by atoms with Crippen molar-refractivity contribution in [1.82, 2.24) is 5.32 Å². The van der Waals surface area contributed by atoms with Crippen molar-refractivity contribution in [2.24, 2.45) is 0 Å². The smallest absolute Gasteiger partial charge is 0.403 e. The molecule has 1 atom stereocenters. The largest absolute Gasteiger partial charge is 0.573 e. The van der Waals surface area contributed by atoms with Gasteiger partial charge in [-0.1, -0.05) is 6.07 Å². The molecule has 1 aliphatic rings. The molecule has 1 fully saturated rings. The zero-order valence-electron chi connectivity index (χ0n) is 8.85. The number of alkyl halides is 3. The minimum Gasteiger partial charge on any atom is -0.403 e. The van der Waals surface area contributed by atoms with Gasteiger partial charge in [0, 0.05) is 6.04 Å². The van der Waals surface area contributed by atoms with E-state index in [1.54, 1.807) is 0 Å². The minimum atomic E-state index is -4.87. The molecule has 1 saturated heterocycles. The van der Waals surface area contributed by atoms with E-state index in [1.807, 2.05) is 0 Å². The van der Waals surface area contributed by atoms with E-state index in [0.717, 1.165) is 31.5 Å². The Balaban J connectivity index is 2.16. The van der Waals surface area contributed by atoms with Gasteiger partial charge in [-0.2, -0.15) is 0 Å². The Hall–Kier alpha value is -1.30. The Bertz CT molecular complexity index is 399. The van der Waals surface area contributed by atoms with Crippen LogP contribution in [0.5, 0.6) is 5.75 Å². The third-order valence-electron chi connectivity index (χ3n) is 2.64. The lowest BCUT2D eigenvalue weighted by Gasteiger charge is -2.13. The molecule has 1 N–H and O–H groups in total. The van der Waals surface area contributed by atoms with Crippen LogP contribution in [0.25, 0.3) is 0 Å². The van der Waals surface area contributed by atoms with Crippen LogP contribution in [0.3, 0.4) is 0 Å². The highest BCUT2D eigenvalue weighted by molar-refractivity contribution is 5.31. The second-order valence-corrected chi connectivity index (χ2v) is 3.89. The van der Waals surface area contributed by atoms with Crippen molar-refractivity contribution in [2.45, 2.75) is 25.2 Å². The molecule has 1 aromatic carbocycles. The molecule has 2 nitrogen and oxygen atoms in total. The van der Waals surface area contributed by atoms with Crippen LogP contribution in [-0.4, -0.2) is 12.9 Å². The fourth-order valence-corrected chi connectivity index (χ4v) is 1.91. The zero-order valence-corrected chi connectivity index (χ0v) is 8.85. The monoisotopic (exact) mass is 249 g/mol. The summed E-state index contributed by atoms with van der Waals surface area (Å²) >= 11 is 0. The van der Waals surface area contributed by atoms with E-state index in [2.05, 4.69) is 10.1 Å². The Morgan fingerprint density at radius 1 is 1.29 bits per heavy atom. The van der Waals surface area contributed by atoms with Crippen LogP contribution in [0.1, 0.15) is 24.4 Å². The second-order valence-electron chi connectivity index (χ2n) is 3.89. The maximum absolute atomic E-state index is 13.4. The number of halogens is 4. The van der Waals surface area contributed by atoms with Crippen molar-refractivity contribution in [3.63, 3.8) is 0 Å². The number of benzene rings is 1. The molecule has 0 amide bonds. The molecule has 6 heteroatoms. The Kier molecular flexibility index (Phi) is 3.24. The molecule has 1 aliphatic heterocycles. The van der Waals surface area contributed by atoms with Crippen LogP contribution in [0.2, 0.25) is 0 Å². The summed E-state index contributed by atoms with van der Waals surface area (Å²) in [4.78, 5) is 0. The highest BCUT2D eigenvalue weighted by Gasteiger charge is 2.32. The fourth-order valence-electron chi connectivity index (χ4n) is 1.91. The zero-order chi connectivity index (χ0) is 12.5. The molecule has 94 valence electrons. The van der Waals surface area contributed by atoms with Gasteiger partial charge < -0.3 is 10.1 Å². The quantitative estimate of drug-likeness (QED) is 0.813. The van der Waals surface area contributed by atoms with Gasteiger partial charge >= 0.3 is 6.36 Å². The molecule has 1 aromatic rings. The van der Waals surface area contributed by atoms with E-state index < -0.39 is 17.9 Å². The van der Waals surface area contributed by atoms with Crippen molar-refractivity contribution in [1.29, 1.82) is 0 Å². The molecule has 2 rings (SSSR count). The molecule has 0 aliphatic carbocycles. The van der Waals surface area contributed by atoms with Crippen molar-refractivity contribution in [3.8, 4) is 5.75 Å². The summed E-state index contributed by atoms with van der Waals surface area (Å²) in [6, 6.07) is 3.57. The van der Waals surface area contributed by atoms with Crippen LogP contribution in [0, 0.1) is 5.82 Å². The standard InChI is InChI=1S/C11H11F4NO/c12-8-6-7(9-2-1-5-16-9)3-4-10(8)17-11(13,14)15/h3-4,6,9,16H,1-2,5H2/t9-/m0/s1. The van der Waals surface area contributed by atoms with Gasteiger partial charge in [-0.15, -0.1) is 13.2 Å². The molecule has 1 heterocycles. The summed E-state index contributed by atoms with van der Waals surface area (Å²) in [7, 11) is 0. The van der Waals surface area contributed by atoms with E-state index in [9.17, 15) is 17.6 Å². The Labute approximate surface area is 95.6 Å². The predicted molar refractivity (Wildman–Crippen MR) is 53.1 cm³/mol. The van der Waals surface area contributed by atoms with E-state index in [-0.39, 0.29) is 6.04 Å². The molecule has 17 heavy (non-hydrogen) atoms. The molecular formula is C11H11F4NO. The third kappa shape index (κ3) is 3.09. The fraction of sp³-hybridized carbons (Fsp3) is 0.455. The average Bonchev–Trinajstić information content (AvgIpc) is 2.72. The normalized spacial score (nSPS) is 20.6. The number of ether oxygens (including phenoxy) is 1. The lowest BCUT2D eigenvalue weighted by Crippen LogP contribution is -2.18. The van der Waals surface area contributed by atoms with Crippen molar-refractivity contribution in [3.05, 3.63) is 29.6 Å². The summed E-state index contributed by atoms with van der Waals surface area (Å²) in [5, 5.41) is 3.14. The maximum Gasteiger partial charge on any atom is 0.573 e. The molecule has 0 aromatic heterocycles. The van der Waals surface area contributed by atoms with Crippen LogP contribution in [0.15, 0.2) is 18.2 Å². The summed E-state index contributed by atoms with van der Waals surface area (Å²) < 4.78 is 52.7. The van der Waals surface area contributed by atoms with Crippen LogP contribution < -0.4 is 10.1 Å². The maximum atomic E-state index is 13.4. The number of hydrogen-bond donors (Lipinski definition) is 1. The number of rotatable bonds is 2. The van der Waals surface area contributed by atoms with Crippen molar-refractivity contribution in [2.75, 3.05) is 6.54 Å². The highest BCUT2D eigenvalue weighted by atomic mass is 19.4. The minimum absolute atomic E-state index is 0.0180. The summed E-state index contributed by atoms with van der Waals surface area (Å²) in [5.74, 6) is -1.78. The van der Waals surface area contributed by atoms with Gasteiger partial charge in [0.15, 0.2) is 11.6 Å². The topological polar surface area (TPSA) is 21.3 Å². The molecule has 0 unspecified atom stereocenters. The third-order valence-corrected chi connectivity index (χ3v) is 2.64. The summed E-state index contributed by atoms with van der Waals surface area (Å²) in [5.41, 5.74) is 0.648. The highest BCUT2D eigenvalue weighted by Crippen LogP contribution is 2.30. The molecule has 0 spiro atoms. The molecule has 0 radical (unpaired) electrons. The molecule has 0 saturated carbocycles. The van der Waals surface area contributed by atoms with Crippen LogP contribution in [0.4, 0.5) is 17.6 Å². The van der Waals surface area contributed by atoms with Crippen molar-refractivity contribution < 1.29 is 22.3 Å². The van der Waals surface area contributed by atoms with Crippen molar-refractivity contribution >= 4 is 0 Å². The Morgan fingerprint density at radius 2 is 2.06 bits per heavy atom. The van der Waals surface area contributed by atoms with Gasteiger partial charge in [-0.3, -0.25) is 0 Å². The van der Waals surface area contributed by atoms with E-state index >= 15 is 0 Å². The molecule has 0 bridgehead atoms. The van der Waals surface area contributed by atoms with Gasteiger partial charge in [0.25, 0.3) is 0 Å². The van der Waals surface area contributed by atoms with Gasteiger partial charge in [-0.05, 0) is 37.1 Å². The first kappa shape index (κ1) is 12.2. The van der Waals surface area contributed by atoms with Crippen LogP contribution in [-0.2, 0) is 0 Å². The van der Waals surface area contributed by atoms with Gasteiger partial charge in [0.05, 0.1) is 0 Å². The SMILES string of the molecule is Fc1cc([C@@H]2CCCN2)ccc1OC(F)(F)F. The van der Waals surface area contributed by atoms with Gasteiger partial charge in [0.2, 0.25) is 0 Å². The summed E-state index contributed by atoms with van der Waals surface area (Å²) in [6.07, 6.45) is -3.03. The van der Waals surface area contributed by atoms with Gasteiger partial charge in [0.1, 0.15) is 0 Å².